The highest BCUT2D eigenvalue weighted by atomic mass is 79.9. The lowest BCUT2D eigenvalue weighted by atomic mass is 10.2. The van der Waals surface area contributed by atoms with Crippen LogP contribution < -0.4 is 0 Å². The van der Waals surface area contributed by atoms with Crippen molar-refractivity contribution in [1.82, 2.24) is 0 Å². The van der Waals surface area contributed by atoms with Gasteiger partial charge in [0.2, 0.25) is 5.12 Å². The van der Waals surface area contributed by atoms with E-state index >= 15 is 0 Å². The summed E-state index contributed by atoms with van der Waals surface area (Å²) in [6.45, 7) is 1.99. The van der Waals surface area contributed by atoms with Crippen LogP contribution in [0, 0.1) is 6.92 Å². The van der Waals surface area contributed by atoms with Crippen LogP contribution in [0.3, 0.4) is 0 Å². The van der Waals surface area contributed by atoms with E-state index in [0.717, 1.165) is 20.5 Å². The van der Waals surface area contributed by atoms with Crippen molar-refractivity contribution in [2.24, 2.45) is 0 Å². The Morgan fingerprint density at radius 2 is 1.82 bits per heavy atom. The quantitative estimate of drug-likeness (QED) is 0.749. The van der Waals surface area contributed by atoms with Gasteiger partial charge in [-0.1, -0.05) is 39.7 Å². The molecule has 0 saturated carbocycles. The second-order valence-corrected chi connectivity index (χ2v) is 5.67. The number of thioether (sulfide) groups is 1. The molecule has 0 aliphatic carbocycles. The fourth-order valence-corrected chi connectivity index (χ4v) is 2.44. The molecule has 0 atom stereocenters. The van der Waals surface area contributed by atoms with Crippen molar-refractivity contribution in [2.75, 3.05) is 0 Å². The number of rotatable bonds is 2. The molecule has 0 aliphatic rings. The Balaban J connectivity index is 2.14. The van der Waals surface area contributed by atoms with Crippen LogP contribution in [-0.2, 0) is 0 Å². The maximum atomic E-state index is 12.0. The van der Waals surface area contributed by atoms with Crippen LogP contribution >= 0.6 is 27.7 Å². The highest BCUT2D eigenvalue weighted by Crippen LogP contribution is 2.24. The topological polar surface area (TPSA) is 17.1 Å². The Morgan fingerprint density at radius 3 is 2.47 bits per heavy atom. The fraction of sp³-hybridized carbons (Fsp3) is 0.0714. The molecule has 2 aromatic rings. The first-order valence-electron chi connectivity index (χ1n) is 5.19. The molecule has 0 aromatic heterocycles. The second-order valence-electron chi connectivity index (χ2n) is 3.71. The molecular formula is C14H11BrOS. The first-order valence-corrected chi connectivity index (χ1v) is 6.80. The lowest BCUT2D eigenvalue weighted by Gasteiger charge is -2.02. The molecule has 2 aromatic carbocycles. The summed E-state index contributed by atoms with van der Waals surface area (Å²) in [7, 11) is 0. The standard InChI is InChI=1S/C14H11BrOS/c1-10-3-2-4-11(9-10)14(16)17-13-7-5-12(15)6-8-13/h2-9H,1H3. The second kappa shape index (κ2) is 5.52. The smallest absolute Gasteiger partial charge is 0.224 e. The maximum Gasteiger partial charge on any atom is 0.224 e. The normalized spacial score (nSPS) is 10.2. The summed E-state index contributed by atoms with van der Waals surface area (Å²) >= 11 is 4.63. The highest BCUT2D eigenvalue weighted by Gasteiger charge is 2.07. The van der Waals surface area contributed by atoms with Crippen LogP contribution in [0.2, 0.25) is 0 Å². The molecule has 86 valence electrons. The van der Waals surface area contributed by atoms with Crippen LogP contribution in [-0.4, -0.2) is 5.12 Å². The molecule has 0 heterocycles. The average Bonchev–Trinajstić information content (AvgIpc) is 2.32. The Morgan fingerprint density at radius 1 is 1.12 bits per heavy atom. The van der Waals surface area contributed by atoms with Gasteiger partial charge in [-0.3, -0.25) is 4.79 Å². The molecule has 3 heteroatoms. The van der Waals surface area contributed by atoms with Gasteiger partial charge < -0.3 is 0 Å². The van der Waals surface area contributed by atoms with Crippen molar-refractivity contribution >= 4 is 32.8 Å². The van der Waals surface area contributed by atoms with Gasteiger partial charge in [0.1, 0.15) is 0 Å². The number of hydrogen-bond acceptors (Lipinski definition) is 2. The SMILES string of the molecule is Cc1cccc(C(=O)Sc2ccc(Br)cc2)c1. The minimum atomic E-state index is 0.0797. The van der Waals surface area contributed by atoms with Crippen LogP contribution in [0.4, 0.5) is 0 Å². The van der Waals surface area contributed by atoms with Crippen LogP contribution in [0.25, 0.3) is 0 Å². The van der Waals surface area contributed by atoms with Gasteiger partial charge in [-0.25, -0.2) is 0 Å². The van der Waals surface area contributed by atoms with Crippen molar-refractivity contribution in [3.05, 3.63) is 64.1 Å². The number of carbonyl (C=O) groups is 1. The summed E-state index contributed by atoms with van der Waals surface area (Å²) in [5.74, 6) is 0. The van der Waals surface area contributed by atoms with Gasteiger partial charge in [0.05, 0.1) is 0 Å². The zero-order valence-electron chi connectivity index (χ0n) is 9.31. The summed E-state index contributed by atoms with van der Waals surface area (Å²) in [5, 5.41) is 0.0797. The minimum Gasteiger partial charge on any atom is -0.281 e. The van der Waals surface area contributed by atoms with Crippen LogP contribution in [0.5, 0.6) is 0 Å². The summed E-state index contributed by atoms with van der Waals surface area (Å²) in [5.41, 5.74) is 1.85. The average molecular weight is 307 g/mol. The van der Waals surface area contributed by atoms with E-state index in [1.54, 1.807) is 0 Å². The molecule has 2 rings (SSSR count). The Labute approximate surface area is 113 Å². The number of carbonyl (C=O) groups excluding carboxylic acids is 1. The molecule has 0 spiro atoms. The van der Waals surface area contributed by atoms with E-state index in [-0.39, 0.29) is 5.12 Å². The fourth-order valence-electron chi connectivity index (χ4n) is 1.44. The molecule has 0 fully saturated rings. The van der Waals surface area contributed by atoms with E-state index in [4.69, 9.17) is 0 Å². The molecule has 0 bridgehead atoms. The molecule has 0 radical (unpaired) electrons. The minimum absolute atomic E-state index is 0.0797. The number of aryl methyl sites for hydroxylation is 1. The van der Waals surface area contributed by atoms with Gasteiger partial charge in [-0.05, 0) is 49.0 Å². The van der Waals surface area contributed by atoms with Crippen molar-refractivity contribution in [3.8, 4) is 0 Å². The molecule has 1 nitrogen and oxygen atoms in total. The molecular weight excluding hydrogens is 296 g/mol. The van der Waals surface area contributed by atoms with E-state index in [2.05, 4.69) is 15.9 Å². The zero-order chi connectivity index (χ0) is 12.3. The van der Waals surface area contributed by atoms with Crippen molar-refractivity contribution in [1.29, 1.82) is 0 Å². The van der Waals surface area contributed by atoms with Gasteiger partial charge >= 0.3 is 0 Å². The third-order valence-electron chi connectivity index (χ3n) is 2.28. The summed E-state index contributed by atoms with van der Waals surface area (Å²) in [6.07, 6.45) is 0. The van der Waals surface area contributed by atoms with Gasteiger partial charge in [0.15, 0.2) is 0 Å². The highest BCUT2D eigenvalue weighted by molar-refractivity contribution is 9.10. The summed E-state index contributed by atoms with van der Waals surface area (Å²) in [4.78, 5) is 13.0. The predicted octanol–water partition coefficient (Wildman–Crippen LogP) is 4.69. The molecule has 0 N–H and O–H groups in total. The number of hydrogen-bond donors (Lipinski definition) is 0. The largest absolute Gasteiger partial charge is 0.281 e. The molecule has 0 amide bonds. The van der Waals surface area contributed by atoms with E-state index < -0.39 is 0 Å². The van der Waals surface area contributed by atoms with E-state index in [1.165, 1.54) is 11.8 Å². The maximum absolute atomic E-state index is 12.0. The van der Waals surface area contributed by atoms with Crippen molar-refractivity contribution in [2.45, 2.75) is 11.8 Å². The van der Waals surface area contributed by atoms with E-state index in [0.29, 0.717) is 0 Å². The first kappa shape index (κ1) is 12.4. The van der Waals surface area contributed by atoms with Crippen LogP contribution in [0.15, 0.2) is 57.9 Å². The third-order valence-corrected chi connectivity index (χ3v) is 3.74. The monoisotopic (exact) mass is 306 g/mol. The Kier molecular flexibility index (Phi) is 4.02. The zero-order valence-corrected chi connectivity index (χ0v) is 11.7. The van der Waals surface area contributed by atoms with E-state index in [9.17, 15) is 4.79 Å². The van der Waals surface area contributed by atoms with Gasteiger partial charge in [0.25, 0.3) is 0 Å². The molecule has 17 heavy (non-hydrogen) atoms. The first-order chi connectivity index (χ1) is 8.15. The Hall–Kier alpha value is -1.06. The number of benzene rings is 2. The van der Waals surface area contributed by atoms with E-state index in [1.807, 2.05) is 55.5 Å². The van der Waals surface area contributed by atoms with Crippen LogP contribution in [0.1, 0.15) is 15.9 Å². The van der Waals surface area contributed by atoms with Gasteiger partial charge in [-0.2, -0.15) is 0 Å². The summed E-state index contributed by atoms with van der Waals surface area (Å²) in [6, 6.07) is 15.4. The Bertz CT molecular complexity index is 534. The molecule has 0 unspecified atom stereocenters. The third kappa shape index (κ3) is 3.45. The van der Waals surface area contributed by atoms with Gasteiger partial charge in [0, 0.05) is 14.9 Å². The van der Waals surface area contributed by atoms with Crippen molar-refractivity contribution < 1.29 is 4.79 Å². The lowest BCUT2D eigenvalue weighted by Crippen LogP contribution is -1.93. The molecule has 0 aliphatic heterocycles. The predicted molar refractivity (Wildman–Crippen MR) is 75.5 cm³/mol. The van der Waals surface area contributed by atoms with Gasteiger partial charge in [-0.15, -0.1) is 0 Å². The molecule has 0 saturated heterocycles. The number of halogens is 1. The lowest BCUT2D eigenvalue weighted by molar-refractivity contribution is 0.108. The summed E-state index contributed by atoms with van der Waals surface area (Å²) < 4.78 is 1.02. The van der Waals surface area contributed by atoms with Crippen molar-refractivity contribution in [3.63, 3.8) is 0 Å².